The second kappa shape index (κ2) is 10.4. The van der Waals surface area contributed by atoms with Crippen molar-refractivity contribution in [3.63, 3.8) is 0 Å². The topological polar surface area (TPSA) is 54.5 Å². The Hall–Kier alpha value is -2.58. The molecule has 26 heavy (non-hydrogen) atoms. The first-order chi connectivity index (χ1) is 12.7. The SMILES string of the molecule is C#CCN(C)Cc1ccc(OC(=O)NCCCCCC)c2ncccc12. The Morgan fingerprint density at radius 3 is 2.92 bits per heavy atom. The molecular weight excluding hydrogens is 326 g/mol. The number of hydrogen-bond acceptors (Lipinski definition) is 4. The van der Waals surface area contributed by atoms with E-state index >= 15 is 0 Å². The first kappa shape index (κ1) is 19.7. The Balaban J connectivity index is 2.07. The summed E-state index contributed by atoms with van der Waals surface area (Å²) in [6.45, 7) is 4.06. The van der Waals surface area contributed by atoms with Crippen LogP contribution in [0.25, 0.3) is 10.9 Å². The van der Waals surface area contributed by atoms with Crippen molar-refractivity contribution in [1.29, 1.82) is 0 Å². The van der Waals surface area contributed by atoms with Crippen LogP contribution in [0.3, 0.4) is 0 Å². The van der Waals surface area contributed by atoms with Gasteiger partial charge in [-0.3, -0.25) is 9.88 Å². The van der Waals surface area contributed by atoms with Crippen molar-refractivity contribution in [3.05, 3.63) is 36.0 Å². The lowest BCUT2D eigenvalue weighted by molar-refractivity contribution is 0.200. The fraction of sp³-hybridized carbons (Fsp3) is 0.429. The molecule has 0 bridgehead atoms. The average molecular weight is 353 g/mol. The third kappa shape index (κ3) is 5.75. The highest BCUT2D eigenvalue weighted by molar-refractivity contribution is 5.89. The van der Waals surface area contributed by atoms with E-state index in [2.05, 4.69) is 23.1 Å². The fourth-order valence-corrected chi connectivity index (χ4v) is 2.81. The van der Waals surface area contributed by atoms with Crippen molar-refractivity contribution < 1.29 is 9.53 Å². The third-order valence-corrected chi connectivity index (χ3v) is 4.13. The van der Waals surface area contributed by atoms with Crippen LogP contribution in [0.2, 0.25) is 0 Å². The van der Waals surface area contributed by atoms with Crippen LogP contribution in [0.4, 0.5) is 4.79 Å². The van der Waals surface area contributed by atoms with E-state index in [1.165, 1.54) is 12.8 Å². The van der Waals surface area contributed by atoms with Gasteiger partial charge in [0, 0.05) is 24.7 Å². The number of pyridine rings is 1. The van der Waals surface area contributed by atoms with Crippen molar-refractivity contribution in [2.75, 3.05) is 20.1 Å². The molecule has 2 aromatic rings. The summed E-state index contributed by atoms with van der Waals surface area (Å²) in [6.07, 6.45) is 11.1. The molecule has 0 atom stereocenters. The molecule has 0 aliphatic rings. The highest BCUT2D eigenvalue weighted by Crippen LogP contribution is 2.27. The summed E-state index contributed by atoms with van der Waals surface area (Å²) in [5.74, 6) is 3.11. The molecular formula is C21H27N3O2. The third-order valence-electron chi connectivity index (χ3n) is 4.13. The molecule has 1 aromatic carbocycles. The normalized spacial score (nSPS) is 10.7. The minimum Gasteiger partial charge on any atom is -0.408 e. The maximum absolute atomic E-state index is 12.0. The molecule has 0 spiro atoms. The Kier molecular flexibility index (Phi) is 7.91. The number of benzene rings is 1. The van der Waals surface area contributed by atoms with Gasteiger partial charge < -0.3 is 10.1 Å². The van der Waals surface area contributed by atoms with Crippen molar-refractivity contribution in [1.82, 2.24) is 15.2 Å². The largest absolute Gasteiger partial charge is 0.412 e. The Morgan fingerprint density at radius 1 is 1.31 bits per heavy atom. The van der Waals surface area contributed by atoms with E-state index in [-0.39, 0.29) is 0 Å². The summed E-state index contributed by atoms with van der Waals surface area (Å²) < 4.78 is 5.48. The Labute approximate surface area is 155 Å². The zero-order chi connectivity index (χ0) is 18.8. The minimum absolute atomic E-state index is 0.439. The summed E-state index contributed by atoms with van der Waals surface area (Å²) in [4.78, 5) is 18.5. The van der Waals surface area contributed by atoms with Crippen molar-refractivity contribution >= 4 is 17.0 Å². The Bertz CT molecular complexity index is 767. The molecule has 1 aromatic heterocycles. The summed E-state index contributed by atoms with van der Waals surface area (Å²) in [7, 11) is 1.97. The first-order valence-corrected chi connectivity index (χ1v) is 9.10. The number of terminal acetylenes is 1. The van der Waals surface area contributed by atoms with Gasteiger partial charge in [-0.25, -0.2) is 4.79 Å². The predicted octanol–water partition coefficient (Wildman–Crippen LogP) is 3.97. The zero-order valence-corrected chi connectivity index (χ0v) is 15.6. The molecule has 5 heteroatoms. The summed E-state index contributed by atoms with van der Waals surface area (Å²) in [5.41, 5.74) is 1.78. The number of carbonyl (C=O) groups excluding carboxylic acids is 1. The lowest BCUT2D eigenvalue weighted by Gasteiger charge is -2.16. The molecule has 0 saturated carbocycles. The van der Waals surface area contributed by atoms with Gasteiger partial charge in [-0.1, -0.05) is 44.2 Å². The van der Waals surface area contributed by atoms with Crippen LogP contribution in [0, 0.1) is 12.3 Å². The number of amides is 1. The number of carbonyl (C=O) groups is 1. The number of ether oxygens (including phenoxy) is 1. The van der Waals surface area contributed by atoms with E-state index in [9.17, 15) is 4.79 Å². The van der Waals surface area contributed by atoms with E-state index in [0.29, 0.717) is 30.9 Å². The van der Waals surface area contributed by atoms with Crippen molar-refractivity contribution in [3.8, 4) is 18.1 Å². The number of fused-ring (bicyclic) bond motifs is 1. The van der Waals surface area contributed by atoms with E-state index in [4.69, 9.17) is 11.2 Å². The summed E-state index contributed by atoms with van der Waals surface area (Å²) >= 11 is 0. The second-order valence-corrected chi connectivity index (χ2v) is 6.38. The van der Waals surface area contributed by atoms with Gasteiger partial charge in [0.05, 0.1) is 6.54 Å². The molecule has 0 aliphatic heterocycles. The number of unbranched alkanes of at least 4 members (excludes halogenated alkanes) is 3. The Morgan fingerprint density at radius 2 is 2.15 bits per heavy atom. The number of hydrogen-bond donors (Lipinski definition) is 1. The van der Waals surface area contributed by atoms with E-state index in [1.807, 2.05) is 30.1 Å². The lowest BCUT2D eigenvalue weighted by atomic mass is 10.1. The van der Waals surface area contributed by atoms with Crippen LogP contribution in [0.15, 0.2) is 30.5 Å². The lowest BCUT2D eigenvalue weighted by Crippen LogP contribution is -2.27. The van der Waals surface area contributed by atoms with Gasteiger partial charge in [-0.05, 0) is 31.2 Å². The molecule has 0 fully saturated rings. The molecule has 0 radical (unpaired) electrons. The van der Waals surface area contributed by atoms with Gasteiger partial charge >= 0.3 is 6.09 Å². The van der Waals surface area contributed by atoms with Crippen LogP contribution in [0.5, 0.6) is 5.75 Å². The van der Waals surface area contributed by atoms with Gasteiger partial charge in [0.2, 0.25) is 0 Å². The molecule has 1 heterocycles. The van der Waals surface area contributed by atoms with Gasteiger partial charge in [0.25, 0.3) is 0 Å². The van der Waals surface area contributed by atoms with Crippen LogP contribution >= 0.6 is 0 Å². The quantitative estimate of drug-likeness (QED) is 0.547. The smallest absolute Gasteiger partial charge is 0.408 e. The fourth-order valence-electron chi connectivity index (χ4n) is 2.81. The molecule has 138 valence electrons. The summed E-state index contributed by atoms with van der Waals surface area (Å²) in [5, 5.41) is 3.76. The van der Waals surface area contributed by atoms with Gasteiger partial charge in [-0.15, -0.1) is 6.42 Å². The standard InChI is InChI=1S/C21H27N3O2/c1-4-6-7-8-13-23-21(25)26-19-12-11-17(16-24(3)15-5-2)18-10-9-14-22-20(18)19/h2,9-12,14H,4,6-8,13,15-16H2,1,3H3,(H,23,25). The van der Waals surface area contributed by atoms with E-state index in [0.717, 1.165) is 23.8 Å². The van der Waals surface area contributed by atoms with Crippen LogP contribution in [0.1, 0.15) is 38.2 Å². The number of nitrogens with zero attached hydrogens (tertiary/aromatic N) is 2. The van der Waals surface area contributed by atoms with E-state index in [1.54, 1.807) is 12.3 Å². The molecule has 0 saturated heterocycles. The van der Waals surface area contributed by atoms with Crippen molar-refractivity contribution in [2.45, 2.75) is 39.2 Å². The molecule has 1 N–H and O–H groups in total. The molecule has 0 unspecified atom stereocenters. The van der Waals surface area contributed by atoms with Crippen LogP contribution < -0.4 is 10.1 Å². The maximum atomic E-state index is 12.0. The zero-order valence-electron chi connectivity index (χ0n) is 15.6. The summed E-state index contributed by atoms with van der Waals surface area (Å²) in [6, 6.07) is 7.62. The molecule has 0 aliphatic carbocycles. The van der Waals surface area contributed by atoms with Crippen LogP contribution in [-0.2, 0) is 6.54 Å². The monoisotopic (exact) mass is 353 g/mol. The maximum Gasteiger partial charge on any atom is 0.412 e. The van der Waals surface area contributed by atoms with Crippen molar-refractivity contribution in [2.24, 2.45) is 0 Å². The average Bonchev–Trinajstić information content (AvgIpc) is 2.64. The van der Waals surface area contributed by atoms with E-state index < -0.39 is 6.09 Å². The van der Waals surface area contributed by atoms with Crippen LogP contribution in [-0.4, -0.2) is 36.1 Å². The highest BCUT2D eigenvalue weighted by Gasteiger charge is 2.12. The molecule has 5 nitrogen and oxygen atoms in total. The first-order valence-electron chi connectivity index (χ1n) is 9.10. The molecule has 2 rings (SSSR count). The van der Waals surface area contributed by atoms with Gasteiger partial charge in [0.1, 0.15) is 5.52 Å². The second-order valence-electron chi connectivity index (χ2n) is 6.38. The number of rotatable bonds is 9. The predicted molar refractivity (Wildman–Crippen MR) is 105 cm³/mol. The van der Waals surface area contributed by atoms with Gasteiger partial charge in [-0.2, -0.15) is 0 Å². The molecule has 1 amide bonds. The minimum atomic E-state index is -0.439. The number of nitrogens with one attached hydrogen (secondary N) is 1. The van der Waals surface area contributed by atoms with Gasteiger partial charge in [0.15, 0.2) is 5.75 Å². The number of aromatic nitrogens is 1. The highest BCUT2D eigenvalue weighted by atomic mass is 16.6.